The van der Waals surface area contributed by atoms with E-state index in [0.29, 0.717) is 16.9 Å². The SMILES string of the molecule is CC(C)c1c(Cl)c(O)c(-c2ccccc2)c(=O)n1-c1ccc(F)cc1. The molecule has 3 rings (SSSR count). The first-order valence-corrected chi connectivity index (χ1v) is 8.28. The highest BCUT2D eigenvalue weighted by Crippen LogP contribution is 2.38. The van der Waals surface area contributed by atoms with Gasteiger partial charge in [-0.1, -0.05) is 55.8 Å². The van der Waals surface area contributed by atoms with Crippen LogP contribution in [-0.4, -0.2) is 9.67 Å². The summed E-state index contributed by atoms with van der Waals surface area (Å²) in [5, 5.41) is 10.7. The molecule has 0 unspecified atom stereocenters. The molecule has 1 heterocycles. The second-order valence-corrected chi connectivity index (χ2v) is 6.44. The van der Waals surface area contributed by atoms with Gasteiger partial charge in [-0.3, -0.25) is 9.36 Å². The molecule has 2 aromatic carbocycles. The highest BCUT2D eigenvalue weighted by Gasteiger charge is 2.24. The first kappa shape index (κ1) is 17.2. The smallest absolute Gasteiger partial charge is 0.267 e. The van der Waals surface area contributed by atoms with Gasteiger partial charge in [0.2, 0.25) is 0 Å². The van der Waals surface area contributed by atoms with Crippen LogP contribution in [0.15, 0.2) is 59.4 Å². The first-order valence-electron chi connectivity index (χ1n) is 7.90. The van der Waals surface area contributed by atoms with Crippen molar-refractivity contribution in [2.45, 2.75) is 19.8 Å². The summed E-state index contributed by atoms with van der Waals surface area (Å²) in [6.07, 6.45) is 0. The van der Waals surface area contributed by atoms with Crippen LogP contribution in [0, 0.1) is 5.82 Å². The van der Waals surface area contributed by atoms with Crippen LogP contribution in [0.5, 0.6) is 5.75 Å². The molecule has 5 heteroatoms. The van der Waals surface area contributed by atoms with Crippen molar-refractivity contribution in [3.05, 3.63) is 81.5 Å². The summed E-state index contributed by atoms with van der Waals surface area (Å²) in [5.74, 6) is -0.753. The summed E-state index contributed by atoms with van der Waals surface area (Å²) in [6, 6.07) is 14.5. The van der Waals surface area contributed by atoms with Gasteiger partial charge >= 0.3 is 0 Å². The number of halogens is 2. The van der Waals surface area contributed by atoms with E-state index in [1.54, 1.807) is 24.3 Å². The zero-order valence-electron chi connectivity index (χ0n) is 13.8. The van der Waals surface area contributed by atoms with E-state index in [4.69, 9.17) is 11.6 Å². The number of aromatic hydroxyl groups is 1. The van der Waals surface area contributed by atoms with Crippen molar-refractivity contribution >= 4 is 11.6 Å². The molecule has 0 atom stereocenters. The van der Waals surface area contributed by atoms with Crippen LogP contribution in [-0.2, 0) is 0 Å². The van der Waals surface area contributed by atoms with Crippen LogP contribution < -0.4 is 5.56 Å². The molecular formula is C20H17ClFNO2. The van der Waals surface area contributed by atoms with Crippen molar-refractivity contribution in [3.8, 4) is 22.6 Å². The van der Waals surface area contributed by atoms with E-state index in [-0.39, 0.29) is 22.3 Å². The van der Waals surface area contributed by atoms with E-state index in [1.807, 2.05) is 19.9 Å². The van der Waals surface area contributed by atoms with Crippen molar-refractivity contribution in [1.29, 1.82) is 0 Å². The Bertz CT molecular complexity index is 964. The average molecular weight is 358 g/mol. The minimum Gasteiger partial charge on any atom is -0.505 e. The van der Waals surface area contributed by atoms with Crippen molar-refractivity contribution in [3.63, 3.8) is 0 Å². The Labute approximate surface area is 149 Å². The predicted octanol–water partition coefficient (Wildman–Crippen LogP) is 5.13. The summed E-state index contributed by atoms with van der Waals surface area (Å²) in [5.41, 5.74) is 1.27. The lowest BCUT2D eigenvalue weighted by Crippen LogP contribution is -2.25. The Balaban J connectivity index is 2.42. The Kier molecular flexibility index (Phi) is 4.64. The number of benzene rings is 2. The summed E-state index contributed by atoms with van der Waals surface area (Å²) in [7, 11) is 0. The van der Waals surface area contributed by atoms with E-state index in [2.05, 4.69) is 0 Å². The van der Waals surface area contributed by atoms with Gasteiger partial charge in [0.1, 0.15) is 16.6 Å². The minimum atomic E-state index is -0.400. The molecule has 1 N–H and O–H groups in total. The summed E-state index contributed by atoms with van der Waals surface area (Å²) in [6.45, 7) is 3.75. The second kappa shape index (κ2) is 6.73. The zero-order chi connectivity index (χ0) is 18.1. The van der Waals surface area contributed by atoms with Gasteiger partial charge in [0.25, 0.3) is 5.56 Å². The second-order valence-electron chi connectivity index (χ2n) is 6.06. The van der Waals surface area contributed by atoms with Crippen LogP contribution in [0.25, 0.3) is 16.8 Å². The van der Waals surface area contributed by atoms with Crippen LogP contribution >= 0.6 is 11.6 Å². The first-order chi connectivity index (χ1) is 11.9. The average Bonchev–Trinajstić information content (AvgIpc) is 2.59. The minimum absolute atomic E-state index is 0.123. The van der Waals surface area contributed by atoms with Crippen LogP contribution in [0.3, 0.4) is 0 Å². The molecule has 128 valence electrons. The molecule has 0 bridgehead atoms. The number of hydrogen-bond acceptors (Lipinski definition) is 2. The standard InChI is InChI=1S/C20H17ClFNO2/c1-12(2)18-17(21)19(24)16(13-6-4-3-5-7-13)20(25)23(18)15-10-8-14(22)9-11-15/h3-12,24H,1-2H3. The van der Waals surface area contributed by atoms with Gasteiger partial charge in [-0.15, -0.1) is 0 Å². The molecule has 25 heavy (non-hydrogen) atoms. The molecule has 0 saturated heterocycles. The third kappa shape index (κ3) is 3.05. The Hall–Kier alpha value is -2.59. The third-order valence-electron chi connectivity index (χ3n) is 4.02. The maximum absolute atomic E-state index is 13.3. The van der Waals surface area contributed by atoms with E-state index in [1.165, 1.54) is 28.8 Å². The lowest BCUT2D eigenvalue weighted by molar-refractivity contribution is 0.473. The van der Waals surface area contributed by atoms with Gasteiger partial charge in [-0.25, -0.2) is 4.39 Å². The molecular weight excluding hydrogens is 341 g/mol. The highest BCUT2D eigenvalue weighted by molar-refractivity contribution is 6.33. The topological polar surface area (TPSA) is 42.2 Å². The zero-order valence-corrected chi connectivity index (χ0v) is 14.6. The largest absolute Gasteiger partial charge is 0.505 e. The van der Waals surface area contributed by atoms with Crippen LogP contribution in [0.4, 0.5) is 4.39 Å². The van der Waals surface area contributed by atoms with E-state index < -0.39 is 11.4 Å². The Morgan fingerprint density at radius 3 is 2.20 bits per heavy atom. The van der Waals surface area contributed by atoms with Gasteiger partial charge < -0.3 is 5.11 Å². The Morgan fingerprint density at radius 1 is 1.04 bits per heavy atom. The van der Waals surface area contributed by atoms with Gasteiger partial charge in [-0.2, -0.15) is 0 Å². The maximum Gasteiger partial charge on any atom is 0.267 e. The lowest BCUT2D eigenvalue weighted by Gasteiger charge is -2.20. The molecule has 0 saturated carbocycles. The van der Waals surface area contributed by atoms with Gasteiger partial charge in [-0.05, 0) is 35.7 Å². The number of pyridine rings is 1. The summed E-state index contributed by atoms with van der Waals surface area (Å²) in [4.78, 5) is 13.2. The van der Waals surface area contributed by atoms with Crippen molar-refractivity contribution in [1.82, 2.24) is 4.57 Å². The molecule has 3 nitrogen and oxygen atoms in total. The molecule has 3 aromatic rings. The molecule has 0 aliphatic rings. The molecule has 0 spiro atoms. The molecule has 0 fully saturated rings. The predicted molar refractivity (Wildman–Crippen MR) is 98.2 cm³/mol. The van der Waals surface area contributed by atoms with Crippen molar-refractivity contribution < 1.29 is 9.50 Å². The van der Waals surface area contributed by atoms with Gasteiger partial charge in [0.15, 0.2) is 0 Å². The summed E-state index contributed by atoms with van der Waals surface area (Å²) >= 11 is 6.42. The fourth-order valence-electron chi connectivity index (χ4n) is 2.87. The van der Waals surface area contributed by atoms with Crippen molar-refractivity contribution in [2.24, 2.45) is 0 Å². The van der Waals surface area contributed by atoms with Crippen LogP contribution in [0.2, 0.25) is 5.02 Å². The van der Waals surface area contributed by atoms with Gasteiger partial charge in [0.05, 0.1) is 11.3 Å². The molecule has 0 amide bonds. The van der Waals surface area contributed by atoms with Crippen LogP contribution in [0.1, 0.15) is 25.5 Å². The normalized spacial score (nSPS) is 11.1. The molecule has 0 aliphatic heterocycles. The fourth-order valence-corrected chi connectivity index (χ4v) is 3.27. The molecule has 0 aliphatic carbocycles. The van der Waals surface area contributed by atoms with Crippen molar-refractivity contribution in [2.75, 3.05) is 0 Å². The quantitative estimate of drug-likeness (QED) is 0.706. The molecule has 0 radical (unpaired) electrons. The monoisotopic (exact) mass is 357 g/mol. The van der Waals surface area contributed by atoms with Gasteiger partial charge in [0, 0.05) is 5.69 Å². The highest BCUT2D eigenvalue weighted by atomic mass is 35.5. The number of nitrogens with zero attached hydrogens (tertiary/aromatic N) is 1. The fraction of sp³-hybridized carbons (Fsp3) is 0.150. The van der Waals surface area contributed by atoms with E-state index in [9.17, 15) is 14.3 Å². The molecule has 1 aromatic heterocycles. The maximum atomic E-state index is 13.3. The summed E-state index contributed by atoms with van der Waals surface area (Å²) < 4.78 is 14.7. The van der Waals surface area contributed by atoms with E-state index >= 15 is 0 Å². The Morgan fingerprint density at radius 2 is 1.64 bits per heavy atom. The number of rotatable bonds is 3. The number of hydrogen-bond donors (Lipinski definition) is 1. The van der Waals surface area contributed by atoms with E-state index in [0.717, 1.165) is 0 Å². The lowest BCUT2D eigenvalue weighted by atomic mass is 10.0. The third-order valence-corrected chi connectivity index (χ3v) is 4.39. The number of aromatic nitrogens is 1.